The lowest BCUT2D eigenvalue weighted by Gasteiger charge is -2.35. The van der Waals surface area contributed by atoms with Crippen molar-refractivity contribution < 1.29 is 19.4 Å². The van der Waals surface area contributed by atoms with Gasteiger partial charge in [-0.2, -0.15) is 0 Å². The van der Waals surface area contributed by atoms with E-state index in [0.29, 0.717) is 17.9 Å². The largest absolute Gasteiger partial charge is 0.496 e. The molecule has 0 saturated heterocycles. The quantitative estimate of drug-likeness (QED) is 0.891. The summed E-state index contributed by atoms with van der Waals surface area (Å²) in [5.74, 6) is 0.207. The van der Waals surface area contributed by atoms with Crippen LogP contribution in [0.2, 0.25) is 0 Å². The van der Waals surface area contributed by atoms with Crippen LogP contribution in [0.5, 0.6) is 11.5 Å². The minimum Gasteiger partial charge on any atom is -0.496 e. The van der Waals surface area contributed by atoms with Crippen molar-refractivity contribution in [1.82, 2.24) is 0 Å². The van der Waals surface area contributed by atoms with Crippen LogP contribution in [0.1, 0.15) is 47.3 Å². The van der Waals surface area contributed by atoms with Crippen LogP contribution >= 0.6 is 0 Å². The smallest absolute Gasteiger partial charge is 0.339 e. The minimum atomic E-state index is -0.959. The van der Waals surface area contributed by atoms with Crippen molar-refractivity contribution in [2.75, 3.05) is 7.11 Å². The van der Waals surface area contributed by atoms with Gasteiger partial charge >= 0.3 is 5.97 Å². The van der Waals surface area contributed by atoms with Gasteiger partial charge in [-0.3, -0.25) is 0 Å². The van der Waals surface area contributed by atoms with Crippen LogP contribution in [0.3, 0.4) is 0 Å². The molecule has 4 nitrogen and oxygen atoms in total. The topological polar surface area (TPSA) is 55.8 Å². The van der Waals surface area contributed by atoms with Crippen LogP contribution in [0, 0.1) is 13.8 Å². The summed E-state index contributed by atoms with van der Waals surface area (Å²) < 4.78 is 11.3. The van der Waals surface area contributed by atoms with Gasteiger partial charge in [0.25, 0.3) is 0 Å². The fourth-order valence-electron chi connectivity index (χ4n) is 2.62. The molecule has 1 aromatic rings. The fraction of sp³-hybridized carbons (Fsp3) is 0.533. The summed E-state index contributed by atoms with van der Waals surface area (Å²) in [5, 5.41) is 9.46. The molecule has 1 aromatic carbocycles. The Bertz CT molecular complexity index is 544. The van der Waals surface area contributed by atoms with Crippen molar-refractivity contribution in [3.05, 3.63) is 22.3 Å². The van der Waals surface area contributed by atoms with E-state index in [1.54, 1.807) is 0 Å². The van der Waals surface area contributed by atoms with Gasteiger partial charge < -0.3 is 14.6 Å². The zero-order valence-corrected chi connectivity index (χ0v) is 12.1. The lowest BCUT2D eigenvalue weighted by Crippen LogP contribution is -2.34. The number of ether oxygens (including phenoxy) is 2. The molecule has 0 aromatic heterocycles. The van der Waals surface area contributed by atoms with Gasteiger partial charge in [-0.15, -0.1) is 0 Å². The highest BCUT2D eigenvalue weighted by Crippen LogP contribution is 2.43. The molecule has 2 rings (SSSR count). The summed E-state index contributed by atoms with van der Waals surface area (Å²) >= 11 is 0. The fourth-order valence-corrected chi connectivity index (χ4v) is 2.62. The Hall–Kier alpha value is -1.71. The van der Waals surface area contributed by atoms with Gasteiger partial charge in [0.05, 0.1) is 7.11 Å². The number of carboxylic acid groups (broad SMARTS) is 1. The number of carboxylic acids is 1. The number of hydrogen-bond acceptors (Lipinski definition) is 3. The van der Waals surface area contributed by atoms with Crippen LogP contribution in [0.25, 0.3) is 0 Å². The SMILES string of the molecule is COc1c(C)c(C)c2c(c1C(=O)O)CCC(C)(C)O2. The molecular weight excluding hydrogens is 244 g/mol. The lowest BCUT2D eigenvalue weighted by molar-refractivity contribution is 0.0667. The molecule has 0 atom stereocenters. The summed E-state index contributed by atoms with van der Waals surface area (Å²) in [6, 6.07) is 0. The molecule has 1 aliphatic rings. The molecule has 0 fully saturated rings. The summed E-state index contributed by atoms with van der Waals surface area (Å²) in [4.78, 5) is 11.5. The predicted octanol–water partition coefficient (Wildman–Crippen LogP) is 3.11. The summed E-state index contributed by atoms with van der Waals surface area (Å²) in [5.41, 5.74) is 2.54. The molecule has 1 N–H and O–H groups in total. The third-order valence-corrected chi connectivity index (χ3v) is 3.82. The van der Waals surface area contributed by atoms with E-state index >= 15 is 0 Å². The van der Waals surface area contributed by atoms with Crippen molar-refractivity contribution in [1.29, 1.82) is 0 Å². The van der Waals surface area contributed by atoms with Crippen molar-refractivity contribution in [2.24, 2.45) is 0 Å². The van der Waals surface area contributed by atoms with E-state index in [0.717, 1.165) is 23.1 Å². The summed E-state index contributed by atoms with van der Waals surface area (Å²) in [6.07, 6.45) is 1.49. The molecule has 0 bridgehead atoms. The molecule has 1 aliphatic heterocycles. The maximum Gasteiger partial charge on any atom is 0.339 e. The van der Waals surface area contributed by atoms with E-state index in [-0.39, 0.29) is 11.2 Å². The van der Waals surface area contributed by atoms with Crippen LogP contribution in [-0.2, 0) is 6.42 Å². The molecule has 1 heterocycles. The maximum absolute atomic E-state index is 11.5. The first-order valence-electron chi connectivity index (χ1n) is 6.41. The third kappa shape index (κ3) is 2.15. The standard InChI is InChI=1S/C15H20O4/c1-8-9(2)13(18-5)11(14(16)17)10-6-7-15(3,4)19-12(8)10/h6-7H2,1-5H3,(H,16,17). The molecule has 0 aliphatic carbocycles. The van der Waals surface area contributed by atoms with Gasteiger partial charge in [-0.1, -0.05) is 0 Å². The molecule has 19 heavy (non-hydrogen) atoms. The van der Waals surface area contributed by atoms with Gasteiger partial charge in [0, 0.05) is 5.56 Å². The first kappa shape index (κ1) is 13.7. The highest BCUT2D eigenvalue weighted by atomic mass is 16.5. The average Bonchev–Trinajstić information content (AvgIpc) is 2.32. The van der Waals surface area contributed by atoms with E-state index in [4.69, 9.17) is 9.47 Å². The molecule has 0 amide bonds. The first-order chi connectivity index (χ1) is 8.78. The van der Waals surface area contributed by atoms with Crippen molar-refractivity contribution in [3.63, 3.8) is 0 Å². The highest BCUT2D eigenvalue weighted by molar-refractivity contribution is 5.95. The molecule has 0 unspecified atom stereocenters. The number of carbonyl (C=O) groups is 1. The third-order valence-electron chi connectivity index (χ3n) is 3.82. The van der Waals surface area contributed by atoms with E-state index in [1.165, 1.54) is 7.11 Å². The predicted molar refractivity (Wildman–Crippen MR) is 72.5 cm³/mol. The summed E-state index contributed by atoms with van der Waals surface area (Å²) in [7, 11) is 1.51. The normalized spacial score (nSPS) is 16.5. The zero-order chi connectivity index (χ0) is 14.4. The Morgan fingerprint density at radius 2 is 1.95 bits per heavy atom. The Labute approximate surface area is 113 Å². The molecule has 4 heteroatoms. The van der Waals surface area contributed by atoms with Crippen LogP contribution in [0.4, 0.5) is 0 Å². The van der Waals surface area contributed by atoms with Gasteiger partial charge in [0.2, 0.25) is 0 Å². The van der Waals surface area contributed by atoms with Gasteiger partial charge in [0.15, 0.2) is 0 Å². The second-order valence-electron chi connectivity index (χ2n) is 5.63. The van der Waals surface area contributed by atoms with E-state index in [1.807, 2.05) is 27.7 Å². The minimum absolute atomic E-state index is 0.246. The Morgan fingerprint density at radius 1 is 1.32 bits per heavy atom. The van der Waals surface area contributed by atoms with Gasteiger partial charge in [-0.05, 0) is 51.7 Å². The van der Waals surface area contributed by atoms with Crippen LogP contribution in [-0.4, -0.2) is 23.8 Å². The van der Waals surface area contributed by atoms with Crippen molar-refractivity contribution in [2.45, 2.75) is 46.1 Å². The number of aromatic carboxylic acids is 1. The number of hydrogen-bond donors (Lipinski definition) is 1. The Kier molecular flexibility index (Phi) is 3.20. The second-order valence-corrected chi connectivity index (χ2v) is 5.63. The van der Waals surface area contributed by atoms with E-state index in [9.17, 15) is 9.90 Å². The molecule has 0 saturated carbocycles. The first-order valence-corrected chi connectivity index (χ1v) is 6.41. The van der Waals surface area contributed by atoms with Crippen molar-refractivity contribution in [3.8, 4) is 11.5 Å². The monoisotopic (exact) mass is 264 g/mol. The maximum atomic E-state index is 11.5. The van der Waals surface area contributed by atoms with E-state index < -0.39 is 5.97 Å². The van der Waals surface area contributed by atoms with Gasteiger partial charge in [-0.25, -0.2) is 4.79 Å². The van der Waals surface area contributed by atoms with E-state index in [2.05, 4.69) is 0 Å². The van der Waals surface area contributed by atoms with Gasteiger partial charge in [0.1, 0.15) is 22.7 Å². The zero-order valence-electron chi connectivity index (χ0n) is 12.1. The molecular formula is C15H20O4. The number of fused-ring (bicyclic) bond motifs is 1. The number of benzene rings is 1. The number of methoxy groups -OCH3 is 1. The molecule has 104 valence electrons. The second kappa shape index (κ2) is 4.44. The summed E-state index contributed by atoms with van der Waals surface area (Å²) in [6.45, 7) is 7.86. The lowest BCUT2D eigenvalue weighted by atomic mass is 9.87. The van der Waals surface area contributed by atoms with Crippen LogP contribution in [0.15, 0.2) is 0 Å². The highest BCUT2D eigenvalue weighted by Gasteiger charge is 2.34. The molecule has 0 radical (unpaired) electrons. The van der Waals surface area contributed by atoms with Crippen LogP contribution < -0.4 is 9.47 Å². The Balaban J connectivity index is 2.75. The Morgan fingerprint density at radius 3 is 2.47 bits per heavy atom. The number of rotatable bonds is 2. The average molecular weight is 264 g/mol. The van der Waals surface area contributed by atoms with Crippen molar-refractivity contribution >= 4 is 5.97 Å². The molecule has 0 spiro atoms.